The van der Waals surface area contributed by atoms with Crippen LogP contribution >= 0.6 is 0 Å². The van der Waals surface area contributed by atoms with Crippen molar-refractivity contribution >= 4 is 5.91 Å². The number of carbonyl (C=O) groups excluding carboxylic acids is 1. The lowest BCUT2D eigenvalue weighted by atomic mass is 10.1. The van der Waals surface area contributed by atoms with Gasteiger partial charge >= 0.3 is 6.18 Å². The van der Waals surface area contributed by atoms with E-state index in [0.717, 1.165) is 37.8 Å². The molecule has 0 aliphatic rings. The molecular formula is C14H18F3NO2. The van der Waals surface area contributed by atoms with Gasteiger partial charge in [0.15, 0.2) is 0 Å². The summed E-state index contributed by atoms with van der Waals surface area (Å²) in [6, 6.07) is 4.36. The molecule has 0 aliphatic heterocycles. The fourth-order valence-corrected chi connectivity index (χ4v) is 1.73. The normalized spacial score (nSPS) is 11.4. The van der Waals surface area contributed by atoms with Crippen molar-refractivity contribution in [3.8, 4) is 0 Å². The molecule has 0 unspecified atom stereocenters. The van der Waals surface area contributed by atoms with Crippen molar-refractivity contribution in [2.75, 3.05) is 13.2 Å². The molecule has 3 nitrogen and oxygen atoms in total. The third-order valence-corrected chi connectivity index (χ3v) is 2.82. The van der Waals surface area contributed by atoms with Gasteiger partial charge in [0.2, 0.25) is 0 Å². The van der Waals surface area contributed by atoms with Crippen LogP contribution in [0, 0.1) is 0 Å². The quantitative estimate of drug-likeness (QED) is 0.758. The van der Waals surface area contributed by atoms with Gasteiger partial charge in [-0.25, -0.2) is 0 Å². The van der Waals surface area contributed by atoms with E-state index in [-0.39, 0.29) is 12.2 Å². The summed E-state index contributed by atoms with van der Waals surface area (Å²) in [5.74, 6) is -0.502. The molecule has 0 aromatic heterocycles. The fourth-order valence-electron chi connectivity index (χ4n) is 1.73. The molecule has 1 amide bonds. The zero-order valence-corrected chi connectivity index (χ0v) is 11.0. The number of hydrogen-bond acceptors (Lipinski definition) is 2. The summed E-state index contributed by atoms with van der Waals surface area (Å²) in [6.07, 6.45) is -1.24. The zero-order valence-electron chi connectivity index (χ0n) is 11.0. The van der Waals surface area contributed by atoms with Gasteiger partial charge in [-0.05, 0) is 31.0 Å². The first-order chi connectivity index (χ1) is 9.45. The second kappa shape index (κ2) is 7.89. The molecule has 2 N–H and O–H groups in total. The monoisotopic (exact) mass is 289 g/mol. The molecule has 20 heavy (non-hydrogen) atoms. The largest absolute Gasteiger partial charge is 0.416 e. The lowest BCUT2D eigenvalue weighted by Crippen LogP contribution is -2.24. The Hall–Kier alpha value is -1.56. The third-order valence-electron chi connectivity index (χ3n) is 2.82. The van der Waals surface area contributed by atoms with E-state index >= 15 is 0 Å². The zero-order chi connectivity index (χ0) is 15.0. The van der Waals surface area contributed by atoms with Gasteiger partial charge in [-0.15, -0.1) is 0 Å². The molecule has 0 heterocycles. The Morgan fingerprint density at radius 3 is 2.50 bits per heavy atom. The van der Waals surface area contributed by atoms with Crippen molar-refractivity contribution in [1.29, 1.82) is 0 Å². The third kappa shape index (κ3) is 5.61. The lowest BCUT2D eigenvalue weighted by molar-refractivity contribution is -0.137. The summed E-state index contributed by atoms with van der Waals surface area (Å²) >= 11 is 0. The molecule has 0 radical (unpaired) electrons. The van der Waals surface area contributed by atoms with E-state index in [0.29, 0.717) is 6.54 Å². The number of unbranched alkanes of at least 4 members (excludes halogenated alkanes) is 3. The van der Waals surface area contributed by atoms with E-state index in [2.05, 4.69) is 5.32 Å². The maximum absolute atomic E-state index is 12.5. The number of carbonyl (C=O) groups is 1. The summed E-state index contributed by atoms with van der Waals surface area (Å²) in [6.45, 7) is 0.567. The van der Waals surface area contributed by atoms with E-state index in [1.54, 1.807) is 0 Å². The molecule has 0 saturated carbocycles. The Kier molecular flexibility index (Phi) is 6.51. The van der Waals surface area contributed by atoms with Gasteiger partial charge in [0.1, 0.15) is 0 Å². The van der Waals surface area contributed by atoms with Crippen molar-refractivity contribution in [3.63, 3.8) is 0 Å². The highest BCUT2D eigenvalue weighted by molar-refractivity contribution is 5.94. The molecule has 0 spiro atoms. The van der Waals surface area contributed by atoms with Crippen LogP contribution in [0.15, 0.2) is 24.3 Å². The molecule has 0 fully saturated rings. The van der Waals surface area contributed by atoms with Crippen LogP contribution in [0.4, 0.5) is 13.2 Å². The number of alkyl halides is 3. The van der Waals surface area contributed by atoms with E-state index in [9.17, 15) is 18.0 Å². The first-order valence-corrected chi connectivity index (χ1v) is 6.51. The van der Waals surface area contributed by atoms with Crippen LogP contribution in [0.2, 0.25) is 0 Å². The number of rotatable bonds is 7. The van der Waals surface area contributed by atoms with Crippen LogP contribution in [0.3, 0.4) is 0 Å². The van der Waals surface area contributed by atoms with Gasteiger partial charge in [-0.1, -0.05) is 18.9 Å². The molecular weight excluding hydrogens is 271 g/mol. The maximum Gasteiger partial charge on any atom is 0.416 e. The molecule has 0 saturated heterocycles. The SMILES string of the molecule is O=C(NCCCCCCO)c1cccc(C(F)(F)F)c1. The average molecular weight is 289 g/mol. The van der Waals surface area contributed by atoms with E-state index in [4.69, 9.17) is 5.11 Å². The van der Waals surface area contributed by atoms with E-state index in [1.165, 1.54) is 12.1 Å². The number of benzene rings is 1. The average Bonchev–Trinajstić information content (AvgIpc) is 2.41. The number of nitrogens with one attached hydrogen (secondary N) is 1. The molecule has 1 aromatic carbocycles. The Balaban J connectivity index is 2.44. The Bertz CT molecular complexity index is 433. The highest BCUT2D eigenvalue weighted by atomic mass is 19.4. The lowest BCUT2D eigenvalue weighted by Gasteiger charge is -2.09. The van der Waals surface area contributed by atoms with Crippen LogP contribution in [-0.4, -0.2) is 24.2 Å². The molecule has 0 atom stereocenters. The Morgan fingerprint density at radius 2 is 1.85 bits per heavy atom. The summed E-state index contributed by atoms with van der Waals surface area (Å²) < 4.78 is 37.5. The van der Waals surface area contributed by atoms with Gasteiger partial charge in [0.25, 0.3) is 5.91 Å². The van der Waals surface area contributed by atoms with Crippen molar-refractivity contribution in [2.24, 2.45) is 0 Å². The smallest absolute Gasteiger partial charge is 0.396 e. The van der Waals surface area contributed by atoms with Crippen molar-refractivity contribution in [2.45, 2.75) is 31.9 Å². The van der Waals surface area contributed by atoms with Gasteiger partial charge in [0, 0.05) is 18.7 Å². The van der Waals surface area contributed by atoms with Gasteiger partial charge in [-0.2, -0.15) is 13.2 Å². The second-order valence-corrected chi connectivity index (χ2v) is 4.47. The minimum Gasteiger partial charge on any atom is -0.396 e. The number of halogens is 3. The molecule has 112 valence electrons. The Labute approximate surface area is 115 Å². The summed E-state index contributed by atoms with van der Waals surface area (Å²) in [7, 11) is 0. The topological polar surface area (TPSA) is 49.3 Å². The van der Waals surface area contributed by atoms with E-state index < -0.39 is 17.6 Å². The molecule has 6 heteroatoms. The number of hydrogen-bond donors (Lipinski definition) is 2. The standard InChI is InChI=1S/C14H18F3NO2/c15-14(16,17)12-7-5-6-11(10-12)13(20)18-8-3-1-2-4-9-19/h5-7,10,19H,1-4,8-9H2,(H,18,20). The molecule has 1 rings (SSSR count). The van der Waals surface area contributed by atoms with Crippen molar-refractivity contribution in [1.82, 2.24) is 5.32 Å². The highest BCUT2D eigenvalue weighted by Crippen LogP contribution is 2.29. The second-order valence-electron chi connectivity index (χ2n) is 4.47. The van der Waals surface area contributed by atoms with Gasteiger partial charge in [0.05, 0.1) is 5.56 Å². The summed E-state index contributed by atoms with van der Waals surface area (Å²) in [4.78, 5) is 11.7. The predicted molar refractivity (Wildman–Crippen MR) is 69.3 cm³/mol. The minimum absolute atomic E-state index is 0.00943. The summed E-state index contributed by atoms with van der Waals surface area (Å²) in [5, 5.41) is 11.2. The number of aliphatic hydroxyl groups is 1. The summed E-state index contributed by atoms with van der Waals surface area (Å²) in [5.41, 5.74) is -0.816. The minimum atomic E-state index is -4.44. The molecule has 0 aliphatic carbocycles. The van der Waals surface area contributed by atoms with Crippen LogP contribution in [0.25, 0.3) is 0 Å². The highest BCUT2D eigenvalue weighted by Gasteiger charge is 2.30. The van der Waals surface area contributed by atoms with Crippen LogP contribution < -0.4 is 5.32 Å². The molecule has 1 aromatic rings. The van der Waals surface area contributed by atoms with E-state index in [1.807, 2.05) is 0 Å². The van der Waals surface area contributed by atoms with Crippen molar-refractivity contribution in [3.05, 3.63) is 35.4 Å². The van der Waals surface area contributed by atoms with Gasteiger partial charge < -0.3 is 10.4 Å². The predicted octanol–water partition coefficient (Wildman–Crippen LogP) is 2.99. The number of aliphatic hydroxyl groups excluding tert-OH is 1. The van der Waals surface area contributed by atoms with Crippen LogP contribution in [-0.2, 0) is 6.18 Å². The van der Waals surface area contributed by atoms with Crippen LogP contribution in [0.1, 0.15) is 41.6 Å². The first kappa shape index (κ1) is 16.5. The number of amides is 1. The molecule has 0 bridgehead atoms. The van der Waals surface area contributed by atoms with Gasteiger partial charge in [-0.3, -0.25) is 4.79 Å². The van der Waals surface area contributed by atoms with Crippen molar-refractivity contribution < 1.29 is 23.1 Å². The van der Waals surface area contributed by atoms with Crippen LogP contribution in [0.5, 0.6) is 0 Å². The first-order valence-electron chi connectivity index (χ1n) is 6.51. The Morgan fingerprint density at radius 1 is 1.15 bits per heavy atom. The fraction of sp³-hybridized carbons (Fsp3) is 0.500. The maximum atomic E-state index is 12.5.